The van der Waals surface area contributed by atoms with Crippen LogP contribution in [0.25, 0.3) is 11.5 Å². The Hall–Kier alpha value is -2.10. The normalized spacial score (nSPS) is 10.1. The number of aromatic nitrogens is 2. The molecule has 4 heteroatoms. The highest BCUT2D eigenvalue weighted by molar-refractivity contribution is 5.62. The molecule has 4 nitrogen and oxygen atoms in total. The topological polar surface area (TPSA) is 48.2 Å². The van der Waals surface area contributed by atoms with Gasteiger partial charge in [-0.15, -0.1) is 16.8 Å². The van der Waals surface area contributed by atoms with E-state index in [-0.39, 0.29) is 0 Å². The van der Waals surface area contributed by atoms with Crippen molar-refractivity contribution < 1.29 is 9.15 Å². The lowest BCUT2D eigenvalue weighted by molar-refractivity contribution is 0.413. The molecule has 1 aromatic carbocycles. The van der Waals surface area contributed by atoms with Crippen LogP contribution in [0.2, 0.25) is 0 Å². The third-order valence-electron chi connectivity index (χ3n) is 2.12. The van der Waals surface area contributed by atoms with E-state index in [0.717, 1.165) is 11.3 Å². The summed E-state index contributed by atoms with van der Waals surface area (Å²) < 4.78 is 10.7. The van der Waals surface area contributed by atoms with Crippen LogP contribution in [0.1, 0.15) is 5.89 Å². The van der Waals surface area contributed by atoms with E-state index in [1.165, 1.54) is 0 Å². The molecule has 0 fully saturated rings. The first-order chi connectivity index (χ1) is 7.85. The number of methoxy groups -OCH3 is 1. The largest absolute Gasteiger partial charge is 0.496 e. The third kappa shape index (κ3) is 1.95. The SMILES string of the molecule is C=CCc1nnc(-c2ccccc2OC)o1. The molecule has 0 amide bonds. The Morgan fingerprint density at radius 1 is 1.38 bits per heavy atom. The van der Waals surface area contributed by atoms with Gasteiger partial charge in [0.05, 0.1) is 12.7 Å². The molecule has 0 aliphatic heterocycles. The second kappa shape index (κ2) is 4.61. The lowest BCUT2D eigenvalue weighted by atomic mass is 10.2. The summed E-state index contributed by atoms with van der Waals surface area (Å²) in [5.74, 6) is 1.74. The minimum absolute atomic E-state index is 0.467. The molecular weight excluding hydrogens is 204 g/mol. The van der Waals surface area contributed by atoms with Crippen LogP contribution in [0, 0.1) is 0 Å². The maximum absolute atomic E-state index is 5.48. The Kier molecular flexibility index (Phi) is 3.00. The van der Waals surface area contributed by atoms with E-state index < -0.39 is 0 Å². The molecule has 0 radical (unpaired) electrons. The molecule has 0 aliphatic rings. The van der Waals surface area contributed by atoms with Crippen LogP contribution in [0.5, 0.6) is 5.75 Å². The van der Waals surface area contributed by atoms with Crippen LogP contribution >= 0.6 is 0 Å². The lowest BCUT2D eigenvalue weighted by Gasteiger charge is -2.03. The van der Waals surface area contributed by atoms with E-state index in [1.54, 1.807) is 13.2 Å². The highest BCUT2D eigenvalue weighted by Gasteiger charge is 2.11. The van der Waals surface area contributed by atoms with Gasteiger partial charge in [-0.2, -0.15) is 0 Å². The molecule has 2 aromatic rings. The van der Waals surface area contributed by atoms with E-state index in [9.17, 15) is 0 Å². The van der Waals surface area contributed by atoms with E-state index in [2.05, 4.69) is 16.8 Å². The van der Waals surface area contributed by atoms with E-state index in [0.29, 0.717) is 18.2 Å². The van der Waals surface area contributed by atoms with Gasteiger partial charge in [0.25, 0.3) is 5.89 Å². The fourth-order valence-corrected chi connectivity index (χ4v) is 1.39. The predicted octanol–water partition coefficient (Wildman–Crippen LogP) is 2.47. The molecule has 1 aromatic heterocycles. The van der Waals surface area contributed by atoms with Gasteiger partial charge in [0.15, 0.2) is 0 Å². The highest BCUT2D eigenvalue weighted by Crippen LogP contribution is 2.28. The zero-order valence-corrected chi connectivity index (χ0v) is 9.01. The average molecular weight is 216 g/mol. The van der Waals surface area contributed by atoms with E-state index >= 15 is 0 Å². The predicted molar refractivity (Wildman–Crippen MR) is 60.2 cm³/mol. The molecule has 1 heterocycles. The van der Waals surface area contributed by atoms with Crippen molar-refractivity contribution in [2.24, 2.45) is 0 Å². The maximum atomic E-state index is 5.48. The molecule has 2 rings (SSSR count). The molecule has 0 aliphatic carbocycles. The van der Waals surface area contributed by atoms with E-state index in [4.69, 9.17) is 9.15 Å². The molecule has 0 bridgehead atoms. The second-order valence-electron chi connectivity index (χ2n) is 3.19. The third-order valence-corrected chi connectivity index (χ3v) is 2.12. The van der Waals surface area contributed by atoms with Gasteiger partial charge >= 0.3 is 0 Å². The van der Waals surface area contributed by atoms with Crippen molar-refractivity contribution >= 4 is 0 Å². The van der Waals surface area contributed by atoms with Gasteiger partial charge in [-0.1, -0.05) is 18.2 Å². The molecule has 0 unspecified atom stereocenters. The number of hydrogen-bond donors (Lipinski definition) is 0. The molecule has 16 heavy (non-hydrogen) atoms. The van der Waals surface area contributed by atoms with Crippen molar-refractivity contribution in [3.8, 4) is 17.2 Å². The molecule has 0 atom stereocenters. The van der Waals surface area contributed by atoms with Gasteiger partial charge in [-0.05, 0) is 12.1 Å². The quantitative estimate of drug-likeness (QED) is 0.736. The standard InChI is InChI=1S/C12H12N2O2/c1-3-6-11-13-14-12(16-11)9-7-4-5-8-10(9)15-2/h3-5,7-8H,1,6H2,2H3. The number of allylic oxidation sites excluding steroid dienone is 1. The van der Waals surface area contributed by atoms with Gasteiger partial charge in [0.2, 0.25) is 5.89 Å². The van der Waals surface area contributed by atoms with E-state index in [1.807, 2.05) is 24.3 Å². The summed E-state index contributed by atoms with van der Waals surface area (Å²) in [4.78, 5) is 0. The summed E-state index contributed by atoms with van der Waals surface area (Å²) in [5.41, 5.74) is 0.799. The second-order valence-corrected chi connectivity index (χ2v) is 3.19. The lowest BCUT2D eigenvalue weighted by Crippen LogP contribution is -1.87. The molecule has 0 spiro atoms. The van der Waals surface area contributed by atoms with Gasteiger partial charge < -0.3 is 9.15 Å². The summed E-state index contributed by atoms with van der Waals surface area (Å²) in [6.07, 6.45) is 2.29. The molecule has 82 valence electrons. The highest BCUT2D eigenvalue weighted by atomic mass is 16.5. The minimum atomic E-state index is 0.467. The fourth-order valence-electron chi connectivity index (χ4n) is 1.39. The Morgan fingerprint density at radius 2 is 2.19 bits per heavy atom. The Labute approximate surface area is 93.6 Å². The van der Waals surface area contributed by atoms with Crippen molar-refractivity contribution in [1.82, 2.24) is 10.2 Å². The number of ether oxygens (including phenoxy) is 1. The monoisotopic (exact) mass is 216 g/mol. The summed E-state index contributed by atoms with van der Waals surface area (Å²) in [6.45, 7) is 3.62. The first kappa shape index (κ1) is 10.4. The van der Waals surface area contributed by atoms with Crippen molar-refractivity contribution in [1.29, 1.82) is 0 Å². The number of rotatable bonds is 4. The Balaban J connectivity index is 2.38. The van der Waals surface area contributed by atoms with Crippen molar-refractivity contribution in [2.75, 3.05) is 7.11 Å². The maximum Gasteiger partial charge on any atom is 0.251 e. The minimum Gasteiger partial charge on any atom is -0.496 e. The Bertz CT molecular complexity index is 491. The first-order valence-corrected chi connectivity index (χ1v) is 4.92. The zero-order valence-electron chi connectivity index (χ0n) is 9.01. The summed E-state index contributed by atoms with van der Waals surface area (Å²) in [7, 11) is 1.61. The first-order valence-electron chi connectivity index (χ1n) is 4.92. The summed E-state index contributed by atoms with van der Waals surface area (Å²) in [5, 5.41) is 7.88. The molecular formula is C12H12N2O2. The number of benzene rings is 1. The van der Waals surface area contributed by atoms with Crippen LogP contribution in [0.4, 0.5) is 0 Å². The van der Waals surface area contributed by atoms with Crippen LogP contribution < -0.4 is 4.74 Å². The van der Waals surface area contributed by atoms with Crippen LogP contribution in [-0.2, 0) is 6.42 Å². The van der Waals surface area contributed by atoms with Crippen molar-refractivity contribution in [3.63, 3.8) is 0 Å². The van der Waals surface area contributed by atoms with Crippen LogP contribution in [0.3, 0.4) is 0 Å². The number of hydrogen-bond acceptors (Lipinski definition) is 4. The average Bonchev–Trinajstić information content (AvgIpc) is 2.78. The van der Waals surface area contributed by atoms with Crippen LogP contribution in [-0.4, -0.2) is 17.3 Å². The Morgan fingerprint density at radius 3 is 2.94 bits per heavy atom. The smallest absolute Gasteiger partial charge is 0.251 e. The number of para-hydroxylation sites is 1. The van der Waals surface area contributed by atoms with Gasteiger partial charge in [-0.25, -0.2) is 0 Å². The fraction of sp³-hybridized carbons (Fsp3) is 0.167. The molecule has 0 N–H and O–H groups in total. The summed E-state index contributed by atoms with van der Waals surface area (Å²) in [6, 6.07) is 7.52. The van der Waals surface area contributed by atoms with Gasteiger partial charge in [0, 0.05) is 6.42 Å². The van der Waals surface area contributed by atoms with Crippen LogP contribution in [0.15, 0.2) is 41.3 Å². The molecule has 0 saturated heterocycles. The van der Waals surface area contributed by atoms with Gasteiger partial charge in [-0.3, -0.25) is 0 Å². The van der Waals surface area contributed by atoms with Gasteiger partial charge in [0.1, 0.15) is 5.75 Å². The number of nitrogens with zero attached hydrogens (tertiary/aromatic N) is 2. The van der Waals surface area contributed by atoms with Crippen molar-refractivity contribution in [3.05, 3.63) is 42.8 Å². The molecule has 0 saturated carbocycles. The zero-order chi connectivity index (χ0) is 11.4. The van der Waals surface area contributed by atoms with Crippen molar-refractivity contribution in [2.45, 2.75) is 6.42 Å². The summed E-state index contributed by atoms with van der Waals surface area (Å²) >= 11 is 0.